The number of carboxylic acids is 1. The molecule has 0 amide bonds. The number of anilines is 1. The maximum atomic E-state index is 10.8. The fourth-order valence-corrected chi connectivity index (χ4v) is 2.39. The van der Waals surface area contributed by atoms with Gasteiger partial charge in [0.05, 0.1) is 12.2 Å². The van der Waals surface area contributed by atoms with Crippen molar-refractivity contribution in [1.29, 1.82) is 0 Å². The van der Waals surface area contributed by atoms with Crippen LogP contribution in [0.15, 0.2) is 29.6 Å². The highest BCUT2D eigenvalue weighted by atomic mass is 32.1. The lowest BCUT2D eigenvalue weighted by Gasteiger charge is -2.22. The molecule has 0 aliphatic heterocycles. The van der Waals surface area contributed by atoms with Gasteiger partial charge in [-0.3, -0.25) is 0 Å². The van der Waals surface area contributed by atoms with E-state index >= 15 is 0 Å². The van der Waals surface area contributed by atoms with E-state index in [1.54, 1.807) is 23.6 Å². The smallest absolute Gasteiger partial charge is 0.365 e. The highest BCUT2D eigenvalue weighted by Crippen LogP contribution is 2.22. The summed E-state index contributed by atoms with van der Waals surface area (Å²) in [6.45, 7) is 3.25. The van der Waals surface area contributed by atoms with Crippen LogP contribution in [0.3, 0.4) is 0 Å². The van der Waals surface area contributed by atoms with Gasteiger partial charge in [-0.15, -0.1) is 11.3 Å². The number of aromatic hydroxyl groups is 1. The first-order valence-electron chi connectivity index (χ1n) is 5.82. The lowest BCUT2D eigenvalue weighted by Crippen LogP contribution is -2.22. The summed E-state index contributed by atoms with van der Waals surface area (Å²) < 4.78 is 0. The fourth-order valence-electron chi connectivity index (χ4n) is 1.75. The molecule has 100 valence electrons. The van der Waals surface area contributed by atoms with Crippen LogP contribution in [0.1, 0.15) is 22.4 Å². The predicted molar refractivity (Wildman–Crippen MR) is 73.9 cm³/mol. The van der Waals surface area contributed by atoms with Gasteiger partial charge in [0, 0.05) is 23.7 Å². The molecule has 0 aliphatic carbocycles. The number of rotatable bonds is 5. The van der Waals surface area contributed by atoms with Gasteiger partial charge in [0.15, 0.2) is 0 Å². The van der Waals surface area contributed by atoms with Crippen LogP contribution >= 0.6 is 11.3 Å². The average molecular weight is 278 g/mol. The quantitative estimate of drug-likeness (QED) is 0.879. The number of phenolic OH excluding ortho intramolecular Hbond substituents is 1. The molecule has 0 spiro atoms. The van der Waals surface area contributed by atoms with Gasteiger partial charge in [-0.1, -0.05) is 6.07 Å². The second-order valence-electron chi connectivity index (χ2n) is 3.98. The molecule has 0 atom stereocenters. The standard InChI is InChI=1S/C13H14N2O3S/c1-2-15(10-4-3-5-11(16)6-10)7-9-8-19-12(14-9)13(17)18/h3-6,8,16H,2,7H2,1H3,(H,17,18). The molecule has 0 saturated heterocycles. The molecule has 0 radical (unpaired) electrons. The van der Waals surface area contributed by atoms with Crippen molar-refractivity contribution in [3.8, 4) is 5.75 Å². The first kappa shape index (κ1) is 13.4. The number of nitrogens with zero attached hydrogens (tertiary/aromatic N) is 2. The van der Waals surface area contributed by atoms with Crippen molar-refractivity contribution in [2.24, 2.45) is 0 Å². The molecule has 1 aromatic heterocycles. The lowest BCUT2D eigenvalue weighted by molar-refractivity contribution is 0.0696. The largest absolute Gasteiger partial charge is 0.508 e. The van der Waals surface area contributed by atoms with Crippen LogP contribution in [0.2, 0.25) is 0 Å². The van der Waals surface area contributed by atoms with Crippen LogP contribution in [-0.2, 0) is 6.54 Å². The van der Waals surface area contributed by atoms with Crippen LogP contribution < -0.4 is 4.90 Å². The first-order valence-corrected chi connectivity index (χ1v) is 6.69. The Kier molecular flexibility index (Phi) is 4.01. The molecule has 6 heteroatoms. The van der Waals surface area contributed by atoms with E-state index in [1.807, 2.05) is 17.9 Å². The second kappa shape index (κ2) is 5.71. The van der Waals surface area contributed by atoms with Crippen LogP contribution in [-0.4, -0.2) is 27.7 Å². The summed E-state index contributed by atoms with van der Waals surface area (Å²) in [6, 6.07) is 6.96. The Bertz CT molecular complexity index is 583. The summed E-state index contributed by atoms with van der Waals surface area (Å²) in [6.07, 6.45) is 0. The highest BCUT2D eigenvalue weighted by molar-refractivity contribution is 7.11. The minimum absolute atomic E-state index is 0.0990. The van der Waals surface area contributed by atoms with Gasteiger partial charge in [0.25, 0.3) is 0 Å². The van der Waals surface area contributed by atoms with E-state index in [0.717, 1.165) is 23.6 Å². The van der Waals surface area contributed by atoms with E-state index < -0.39 is 5.97 Å². The molecular weight excluding hydrogens is 264 g/mol. The molecule has 1 aromatic carbocycles. The van der Waals surface area contributed by atoms with Crippen LogP contribution in [0.4, 0.5) is 5.69 Å². The van der Waals surface area contributed by atoms with Gasteiger partial charge in [-0.2, -0.15) is 0 Å². The molecule has 19 heavy (non-hydrogen) atoms. The Hall–Kier alpha value is -2.08. The highest BCUT2D eigenvalue weighted by Gasteiger charge is 2.12. The van der Waals surface area contributed by atoms with Crippen molar-refractivity contribution >= 4 is 23.0 Å². The fraction of sp³-hybridized carbons (Fsp3) is 0.231. The number of aromatic nitrogens is 1. The molecule has 2 rings (SSSR count). The van der Waals surface area contributed by atoms with Gasteiger partial charge in [-0.25, -0.2) is 9.78 Å². The average Bonchev–Trinajstić information content (AvgIpc) is 2.84. The van der Waals surface area contributed by atoms with Crippen LogP contribution in [0.25, 0.3) is 0 Å². The minimum Gasteiger partial charge on any atom is -0.508 e. The van der Waals surface area contributed by atoms with Crippen molar-refractivity contribution in [2.45, 2.75) is 13.5 Å². The molecule has 5 nitrogen and oxygen atoms in total. The van der Waals surface area contributed by atoms with E-state index in [9.17, 15) is 9.90 Å². The Morgan fingerprint density at radius 1 is 1.47 bits per heavy atom. The normalized spacial score (nSPS) is 10.4. The minimum atomic E-state index is -1.00. The van der Waals surface area contributed by atoms with Crippen molar-refractivity contribution in [2.75, 3.05) is 11.4 Å². The summed E-state index contributed by atoms with van der Waals surface area (Å²) >= 11 is 1.12. The van der Waals surface area contributed by atoms with Gasteiger partial charge < -0.3 is 15.1 Å². The predicted octanol–water partition coefficient (Wildman–Crippen LogP) is 2.57. The molecule has 0 saturated carbocycles. The summed E-state index contributed by atoms with van der Waals surface area (Å²) in [4.78, 5) is 16.9. The number of hydrogen-bond acceptors (Lipinski definition) is 5. The van der Waals surface area contributed by atoms with Gasteiger partial charge in [-0.05, 0) is 19.1 Å². The molecular formula is C13H14N2O3S. The van der Waals surface area contributed by atoms with E-state index in [4.69, 9.17) is 5.11 Å². The number of benzene rings is 1. The first-order chi connectivity index (χ1) is 9.10. The van der Waals surface area contributed by atoms with Crippen LogP contribution in [0, 0.1) is 0 Å². The molecule has 2 N–H and O–H groups in total. The Labute approximate surface area is 114 Å². The van der Waals surface area contributed by atoms with Crippen molar-refractivity contribution < 1.29 is 15.0 Å². The summed E-state index contributed by atoms with van der Waals surface area (Å²) in [5, 5.41) is 20.2. The number of thiazole rings is 1. The Morgan fingerprint density at radius 2 is 2.26 bits per heavy atom. The number of carboxylic acid groups (broad SMARTS) is 1. The summed E-state index contributed by atoms with van der Waals surface area (Å²) in [7, 11) is 0. The Morgan fingerprint density at radius 3 is 2.84 bits per heavy atom. The van der Waals surface area contributed by atoms with Gasteiger partial charge >= 0.3 is 5.97 Å². The number of carbonyl (C=O) groups is 1. The monoisotopic (exact) mass is 278 g/mol. The maximum Gasteiger partial charge on any atom is 0.365 e. The Balaban J connectivity index is 2.16. The lowest BCUT2D eigenvalue weighted by atomic mass is 10.2. The number of aromatic carboxylic acids is 1. The van der Waals surface area contributed by atoms with E-state index in [-0.39, 0.29) is 10.8 Å². The maximum absolute atomic E-state index is 10.8. The third-order valence-corrected chi connectivity index (χ3v) is 3.54. The SMILES string of the molecule is CCN(Cc1csc(C(=O)O)n1)c1cccc(O)c1. The summed E-state index contributed by atoms with van der Waals surface area (Å²) in [5.41, 5.74) is 1.60. The zero-order chi connectivity index (χ0) is 13.8. The van der Waals surface area contributed by atoms with Crippen molar-refractivity contribution in [1.82, 2.24) is 4.98 Å². The zero-order valence-electron chi connectivity index (χ0n) is 10.4. The third kappa shape index (κ3) is 3.23. The molecule has 2 aromatic rings. The zero-order valence-corrected chi connectivity index (χ0v) is 11.2. The molecule has 0 unspecified atom stereocenters. The molecule has 0 bridgehead atoms. The van der Waals surface area contributed by atoms with Gasteiger partial charge in [0.1, 0.15) is 5.75 Å². The molecule has 0 aliphatic rings. The number of phenols is 1. The third-order valence-electron chi connectivity index (χ3n) is 2.66. The van der Waals surface area contributed by atoms with E-state index in [0.29, 0.717) is 12.2 Å². The molecule has 0 fully saturated rings. The van der Waals surface area contributed by atoms with Crippen molar-refractivity contribution in [3.05, 3.63) is 40.3 Å². The van der Waals surface area contributed by atoms with Crippen LogP contribution in [0.5, 0.6) is 5.75 Å². The van der Waals surface area contributed by atoms with Crippen molar-refractivity contribution in [3.63, 3.8) is 0 Å². The van der Waals surface area contributed by atoms with Gasteiger partial charge in [0.2, 0.25) is 5.01 Å². The number of hydrogen-bond donors (Lipinski definition) is 2. The second-order valence-corrected chi connectivity index (χ2v) is 4.84. The summed E-state index contributed by atoms with van der Waals surface area (Å²) in [5.74, 6) is -0.794. The topological polar surface area (TPSA) is 73.7 Å². The van der Waals surface area contributed by atoms with E-state index in [2.05, 4.69) is 4.98 Å². The van der Waals surface area contributed by atoms with E-state index in [1.165, 1.54) is 0 Å². The molecule has 1 heterocycles.